The molecule has 3 amide bonds. The molecule has 2 fully saturated rings. The van der Waals surface area contributed by atoms with Crippen molar-refractivity contribution in [1.29, 1.82) is 5.26 Å². The number of primary amides is 1. The molecule has 4 atom stereocenters. The van der Waals surface area contributed by atoms with Gasteiger partial charge in [-0.25, -0.2) is 4.79 Å². The SMILES string of the molecule is COc1ccc(C2C(C(=O)c3ccc(C#N)cc3)C(c3c(C)nn(C)c3Cl)N(C(=O)N3CCOCC3)C2C(N)=O)cc1OC. The maximum atomic E-state index is 14.7. The van der Waals surface area contributed by atoms with E-state index in [9.17, 15) is 19.6 Å². The summed E-state index contributed by atoms with van der Waals surface area (Å²) >= 11 is 6.84. The van der Waals surface area contributed by atoms with Gasteiger partial charge in [-0.2, -0.15) is 10.4 Å². The Morgan fingerprint density at radius 1 is 1.07 bits per heavy atom. The van der Waals surface area contributed by atoms with Crippen LogP contribution in [-0.2, 0) is 16.6 Å². The molecule has 4 unspecified atom stereocenters. The Morgan fingerprint density at radius 3 is 2.27 bits per heavy atom. The first-order chi connectivity index (χ1) is 21.1. The molecule has 230 valence electrons. The number of methoxy groups -OCH3 is 2. The molecule has 2 N–H and O–H groups in total. The van der Waals surface area contributed by atoms with E-state index in [1.54, 1.807) is 61.3 Å². The van der Waals surface area contributed by atoms with Gasteiger partial charge >= 0.3 is 6.03 Å². The van der Waals surface area contributed by atoms with Gasteiger partial charge in [0, 0.05) is 37.2 Å². The third kappa shape index (κ3) is 5.33. The topological polar surface area (TPSA) is 153 Å². The normalized spacial score (nSPS) is 21.5. The van der Waals surface area contributed by atoms with Crippen LogP contribution >= 0.6 is 11.6 Å². The molecule has 0 radical (unpaired) electrons. The summed E-state index contributed by atoms with van der Waals surface area (Å²) in [5.41, 5.74) is 8.29. The molecule has 2 saturated heterocycles. The third-order valence-corrected chi connectivity index (χ3v) is 8.79. The lowest BCUT2D eigenvalue weighted by molar-refractivity contribution is -0.122. The van der Waals surface area contributed by atoms with Crippen LogP contribution in [0, 0.1) is 24.2 Å². The third-order valence-electron chi connectivity index (χ3n) is 8.35. The number of ether oxygens (including phenoxy) is 3. The van der Waals surface area contributed by atoms with Crippen LogP contribution in [0.1, 0.15) is 44.7 Å². The summed E-state index contributed by atoms with van der Waals surface area (Å²) in [5.74, 6) is -2.27. The zero-order valence-electron chi connectivity index (χ0n) is 24.8. The number of likely N-dealkylation sites (tertiary alicyclic amines) is 1. The van der Waals surface area contributed by atoms with Gasteiger partial charge in [0.05, 0.1) is 56.7 Å². The predicted molar refractivity (Wildman–Crippen MR) is 160 cm³/mol. The number of urea groups is 1. The van der Waals surface area contributed by atoms with Gasteiger partial charge in [0.15, 0.2) is 17.3 Å². The number of hydrogen-bond acceptors (Lipinski definition) is 8. The van der Waals surface area contributed by atoms with Crippen molar-refractivity contribution in [2.24, 2.45) is 18.7 Å². The van der Waals surface area contributed by atoms with Crippen molar-refractivity contribution < 1.29 is 28.6 Å². The number of rotatable bonds is 7. The number of nitrogens with zero attached hydrogens (tertiary/aromatic N) is 5. The second kappa shape index (κ2) is 12.6. The Labute approximate surface area is 259 Å². The first-order valence-electron chi connectivity index (χ1n) is 14.0. The van der Waals surface area contributed by atoms with Crippen molar-refractivity contribution in [2.75, 3.05) is 40.5 Å². The van der Waals surface area contributed by atoms with Crippen LogP contribution in [0.2, 0.25) is 5.15 Å². The van der Waals surface area contributed by atoms with Crippen molar-refractivity contribution in [3.63, 3.8) is 0 Å². The number of Topliss-reactive ketones (excluding diaryl/α,β-unsaturated/α-hetero) is 1. The zero-order chi connectivity index (χ0) is 31.7. The van der Waals surface area contributed by atoms with Gasteiger partial charge in [-0.3, -0.25) is 14.3 Å². The smallest absolute Gasteiger partial charge is 0.321 e. The minimum Gasteiger partial charge on any atom is -0.493 e. The summed E-state index contributed by atoms with van der Waals surface area (Å²) in [6.07, 6.45) is 0. The minimum atomic E-state index is -1.25. The van der Waals surface area contributed by atoms with E-state index in [2.05, 4.69) is 11.2 Å². The summed E-state index contributed by atoms with van der Waals surface area (Å²) in [7, 11) is 4.65. The van der Waals surface area contributed by atoms with Gasteiger partial charge in [-0.15, -0.1) is 0 Å². The summed E-state index contributed by atoms with van der Waals surface area (Å²) in [4.78, 5) is 45.7. The number of nitrogens with two attached hydrogens (primary N) is 1. The fourth-order valence-electron chi connectivity index (χ4n) is 6.34. The van der Waals surface area contributed by atoms with E-state index in [1.807, 2.05) is 0 Å². The van der Waals surface area contributed by atoms with Gasteiger partial charge in [0.2, 0.25) is 5.91 Å². The van der Waals surface area contributed by atoms with Crippen LogP contribution in [-0.4, -0.2) is 83.9 Å². The first kappa shape index (κ1) is 30.8. The van der Waals surface area contributed by atoms with Crippen molar-refractivity contribution >= 4 is 29.3 Å². The average molecular weight is 621 g/mol. The summed E-state index contributed by atoms with van der Waals surface area (Å²) in [6, 6.07) is 10.6. The highest BCUT2D eigenvalue weighted by Crippen LogP contribution is 2.54. The Bertz CT molecular complexity index is 1630. The molecule has 0 spiro atoms. The number of carbonyl (C=O) groups excluding carboxylic acids is 3. The fraction of sp³-hybridized carbons (Fsp3) is 0.387. The van der Waals surface area contributed by atoms with Gasteiger partial charge in [-0.1, -0.05) is 29.8 Å². The van der Waals surface area contributed by atoms with Crippen molar-refractivity contribution in [3.8, 4) is 17.6 Å². The van der Waals surface area contributed by atoms with Gasteiger partial charge in [-0.05, 0) is 36.8 Å². The lowest BCUT2D eigenvalue weighted by Crippen LogP contribution is -2.54. The molecule has 13 heteroatoms. The standard InChI is InChI=1S/C31H33ClN6O6/c1-17-23(29(32)36(2)35-17)26-25(28(39)19-7-5-18(16-33)6-8-19)24(20-9-10-21(42-3)22(15-20)43-4)27(30(34)40)38(26)31(41)37-11-13-44-14-12-37/h5-10,15,24-27H,11-14H2,1-4H3,(H2,34,40). The molecule has 44 heavy (non-hydrogen) atoms. The van der Waals surface area contributed by atoms with Crippen LogP contribution in [0.3, 0.4) is 0 Å². The van der Waals surface area contributed by atoms with E-state index in [1.165, 1.54) is 23.8 Å². The maximum Gasteiger partial charge on any atom is 0.321 e. The molecule has 12 nitrogen and oxygen atoms in total. The van der Waals surface area contributed by atoms with Gasteiger partial charge in [0.25, 0.3) is 0 Å². The number of aromatic nitrogens is 2. The minimum absolute atomic E-state index is 0.223. The van der Waals surface area contributed by atoms with Crippen molar-refractivity contribution in [3.05, 3.63) is 75.6 Å². The highest BCUT2D eigenvalue weighted by atomic mass is 35.5. The molecule has 3 aromatic rings. The Morgan fingerprint density at radius 2 is 1.73 bits per heavy atom. The first-order valence-corrected chi connectivity index (χ1v) is 14.4. The van der Waals surface area contributed by atoms with E-state index in [4.69, 9.17) is 31.5 Å². The van der Waals surface area contributed by atoms with Crippen LogP contribution < -0.4 is 15.2 Å². The van der Waals surface area contributed by atoms with Crippen LogP contribution in [0.25, 0.3) is 0 Å². The number of aryl methyl sites for hydroxylation is 2. The molecule has 0 bridgehead atoms. The lowest BCUT2D eigenvalue weighted by atomic mass is 9.76. The monoisotopic (exact) mass is 620 g/mol. The molecule has 3 heterocycles. The number of ketones is 1. The molecule has 5 rings (SSSR count). The molecule has 0 aliphatic carbocycles. The Balaban J connectivity index is 1.80. The second-order valence-corrected chi connectivity index (χ2v) is 11.1. The summed E-state index contributed by atoms with van der Waals surface area (Å²) in [6.45, 7) is 2.98. The highest BCUT2D eigenvalue weighted by molar-refractivity contribution is 6.30. The van der Waals surface area contributed by atoms with Gasteiger partial charge < -0.3 is 29.7 Å². The van der Waals surface area contributed by atoms with E-state index in [0.717, 1.165) is 0 Å². The summed E-state index contributed by atoms with van der Waals surface area (Å²) < 4.78 is 17.9. The summed E-state index contributed by atoms with van der Waals surface area (Å²) in [5, 5.41) is 14.0. The zero-order valence-corrected chi connectivity index (χ0v) is 25.6. The Kier molecular flexibility index (Phi) is 8.80. The number of morpholine rings is 1. The largest absolute Gasteiger partial charge is 0.493 e. The van der Waals surface area contributed by atoms with Crippen LogP contribution in [0.4, 0.5) is 4.79 Å². The van der Waals surface area contributed by atoms with E-state index in [-0.39, 0.29) is 10.9 Å². The van der Waals surface area contributed by atoms with Gasteiger partial charge in [0.1, 0.15) is 11.2 Å². The predicted octanol–water partition coefficient (Wildman–Crippen LogP) is 3.22. The molecular formula is C31H33ClN6O6. The number of carbonyl (C=O) groups is 3. The van der Waals surface area contributed by atoms with E-state index >= 15 is 0 Å². The van der Waals surface area contributed by atoms with Crippen molar-refractivity contribution in [2.45, 2.75) is 24.9 Å². The maximum absolute atomic E-state index is 14.7. The van der Waals surface area contributed by atoms with Crippen molar-refractivity contribution in [1.82, 2.24) is 19.6 Å². The van der Waals surface area contributed by atoms with Crippen LogP contribution in [0.15, 0.2) is 42.5 Å². The Hall–Kier alpha value is -4.60. The number of benzene rings is 2. The molecule has 2 aliphatic rings. The molecule has 2 aromatic carbocycles. The number of amides is 3. The molecular weight excluding hydrogens is 588 g/mol. The lowest BCUT2D eigenvalue weighted by Gasteiger charge is -2.37. The van der Waals surface area contributed by atoms with E-state index < -0.39 is 35.9 Å². The second-order valence-electron chi connectivity index (χ2n) is 10.7. The number of halogens is 1. The quantitative estimate of drug-likeness (QED) is 0.395. The molecule has 0 saturated carbocycles. The molecule has 1 aromatic heterocycles. The number of nitriles is 1. The highest BCUT2D eigenvalue weighted by Gasteiger charge is 2.59. The fourth-order valence-corrected chi connectivity index (χ4v) is 6.63. The van der Waals surface area contributed by atoms with E-state index in [0.29, 0.717) is 65.8 Å². The molecule has 2 aliphatic heterocycles. The average Bonchev–Trinajstić information content (AvgIpc) is 3.52. The van der Waals surface area contributed by atoms with Crippen LogP contribution in [0.5, 0.6) is 11.5 Å². The number of hydrogen-bond donors (Lipinski definition) is 1.